The van der Waals surface area contributed by atoms with Gasteiger partial charge in [-0.25, -0.2) is 0 Å². The molecule has 70 valence electrons. The molecule has 0 saturated carbocycles. The van der Waals surface area contributed by atoms with E-state index in [1.807, 2.05) is 13.0 Å². The van der Waals surface area contributed by atoms with E-state index in [1.165, 1.54) is 6.07 Å². The van der Waals surface area contributed by atoms with Crippen LogP contribution < -0.4 is 0 Å². The molecule has 1 N–H and O–H groups in total. The van der Waals surface area contributed by atoms with Gasteiger partial charge in [0.15, 0.2) is 6.29 Å². The van der Waals surface area contributed by atoms with Gasteiger partial charge in [-0.05, 0) is 30.7 Å². The van der Waals surface area contributed by atoms with Gasteiger partial charge in [0.1, 0.15) is 5.75 Å². The summed E-state index contributed by atoms with van der Waals surface area (Å²) in [5.74, 6) is -0.0226. The van der Waals surface area contributed by atoms with Crippen molar-refractivity contribution in [3.8, 4) is 5.75 Å². The van der Waals surface area contributed by atoms with Gasteiger partial charge >= 0.3 is 0 Å². The molecule has 0 amide bonds. The van der Waals surface area contributed by atoms with Crippen LogP contribution in [0.5, 0.6) is 5.75 Å². The number of nitrogens with zero attached hydrogens (tertiary/aromatic N) is 1. The average molecular weight is 187 g/mol. The van der Waals surface area contributed by atoms with Gasteiger partial charge in [-0.1, -0.05) is 0 Å². The first kappa shape index (κ1) is 8.69. The number of pyridine rings is 1. The van der Waals surface area contributed by atoms with E-state index in [4.69, 9.17) is 0 Å². The number of phenols is 1. The Labute approximate surface area is 81.0 Å². The van der Waals surface area contributed by atoms with E-state index in [2.05, 4.69) is 4.98 Å². The average Bonchev–Trinajstić information content (AvgIpc) is 2.18. The van der Waals surface area contributed by atoms with E-state index in [1.54, 1.807) is 12.3 Å². The van der Waals surface area contributed by atoms with Crippen molar-refractivity contribution in [1.29, 1.82) is 0 Å². The smallest absolute Gasteiger partial charge is 0.155 e. The molecule has 1 aromatic carbocycles. The molecule has 0 atom stereocenters. The molecule has 2 rings (SSSR count). The van der Waals surface area contributed by atoms with Crippen LogP contribution in [0.15, 0.2) is 24.4 Å². The number of hydrogen-bond acceptors (Lipinski definition) is 3. The highest BCUT2D eigenvalue weighted by atomic mass is 16.3. The highest BCUT2D eigenvalue weighted by molar-refractivity contribution is 5.99. The second-order valence-electron chi connectivity index (χ2n) is 3.14. The Morgan fingerprint density at radius 1 is 1.36 bits per heavy atom. The predicted molar refractivity (Wildman–Crippen MR) is 53.5 cm³/mol. The van der Waals surface area contributed by atoms with Crippen molar-refractivity contribution in [2.75, 3.05) is 0 Å². The molecule has 3 heteroatoms. The zero-order valence-electron chi connectivity index (χ0n) is 7.69. The van der Waals surface area contributed by atoms with E-state index >= 15 is 0 Å². The Bertz CT molecular complexity index is 506. The summed E-state index contributed by atoms with van der Waals surface area (Å²) in [7, 11) is 0. The molecule has 14 heavy (non-hydrogen) atoms. The van der Waals surface area contributed by atoms with Gasteiger partial charge in [0, 0.05) is 11.6 Å². The van der Waals surface area contributed by atoms with Gasteiger partial charge in [0.25, 0.3) is 0 Å². The van der Waals surface area contributed by atoms with Gasteiger partial charge in [-0.15, -0.1) is 0 Å². The van der Waals surface area contributed by atoms with E-state index < -0.39 is 0 Å². The number of benzene rings is 1. The van der Waals surface area contributed by atoms with Crippen molar-refractivity contribution in [3.05, 3.63) is 35.5 Å². The Morgan fingerprint density at radius 3 is 2.86 bits per heavy atom. The Balaban J connectivity index is 2.95. The van der Waals surface area contributed by atoms with Gasteiger partial charge in [-0.2, -0.15) is 0 Å². The molecule has 0 radical (unpaired) electrons. The van der Waals surface area contributed by atoms with Crippen LogP contribution in [-0.2, 0) is 0 Å². The number of aromatic hydroxyl groups is 1. The van der Waals surface area contributed by atoms with Crippen LogP contribution in [0.2, 0.25) is 0 Å². The highest BCUT2D eigenvalue weighted by Gasteiger charge is 2.07. The zero-order valence-corrected chi connectivity index (χ0v) is 7.69. The third-order valence-corrected chi connectivity index (χ3v) is 2.26. The lowest BCUT2D eigenvalue weighted by molar-refractivity contribution is 0.112. The number of rotatable bonds is 1. The van der Waals surface area contributed by atoms with Crippen LogP contribution in [0.1, 0.15) is 15.9 Å². The quantitative estimate of drug-likeness (QED) is 0.695. The highest BCUT2D eigenvalue weighted by Crippen LogP contribution is 2.25. The molecule has 0 spiro atoms. The summed E-state index contributed by atoms with van der Waals surface area (Å²) in [6, 6.07) is 5.15. The van der Waals surface area contributed by atoms with Crippen molar-refractivity contribution in [2.45, 2.75) is 6.92 Å². The van der Waals surface area contributed by atoms with Crippen LogP contribution in [0.25, 0.3) is 10.9 Å². The van der Waals surface area contributed by atoms with E-state index in [9.17, 15) is 9.90 Å². The largest absolute Gasteiger partial charge is 0.507 e. The van der Waals surface area contributed by atoms with Crippen LogP contribution in [0.3, 0.4) is 0 Å². The number of carbonyl (C=O) groups excluding carboxylic acids is 1. The normalized spacial score (nSPS) is 10.4. The summed E-state index contributed by atoms with van der Waals surface area (Å²) in [4.78, 5) is 14.8. The van der Waals surface area contributed by atoms with Crippen molar-refractivity contribution in [2.24, 2.45) is 0 Å². The second-order valence-corrected chi connectivity index (χ2v) is 3.14. The zero-order chi connectivity index (χ0) is 10.1. The summed E-state index contributed by atoms with van der Waals surface area (Å²) < 4.78 is 0. The molecule has 0 aliphatic carbocycles. The van der Waals surface area contributed by atoms with E-state index in [-0.39, 0.29) is 11.3 Å². The number of carbonyl (C=O) groups is 1. The molecule has 0 unspecified atom stereocenters. The summed E-state index contributed by atoms with van der Waals surface area (Å²) in [5.41, 5.74) is 1.85. The van der Waals surface area contributed by atoms with Gasteiger partial charge in [-0.3, -0.25) is 9.78 Å². The van der Waals surface area contributed by atoms with E-state index in [0.717, 1.165) is 10.9 Å². The lowest BCUT2D eigenvalue weighted by atomic mass is 10.1. The number of hydrogen-bond donors (Lipinski definition) is 1. The molecule has 1 aromatic heterocycles. The number of aldehydes is 1. The standard InChI is InChI=1S/C11H9NO2/c1-7-4-5-12-11-8(7)2-3-10(14)9(11)6-13/h2-6,14H,1H3. The maximum Gasteiger partial charge on any atom is 0.155 e. The van der Waals surface area contributed by atoms with Crippen molar-refractivity contribution in [3.63, 3.8) is 0 Å². The van der Waals surface area contributed by atoms with Crippen LogP contribution in [0, 0.1) is 6.92 Å². The molecular formula is C11H9NO2. The minimum absolute atomic E-state index is 0.0226. The number of phenolic OH excluding ortho intramolecular Hbond substituents is 1. The molecule has 1 heterocycles. The molecule has 2 aromatic rings. The maximum absolute atomic E-state index is 10.8. The molecule has 3 nitrogen and oxygen atoms in total. The van der Waals surface area contributed by atoms with Gasteiger partial charge in [0.05, 0.1) is 11.1 Å². The monoisotopic (exact) mass is 187 g/mol. The fraction of sp³-hybridized carbons (Fsp3) is 0.0909. The first-order chi connectivity index (χ1) is 6.74. The summed E-state index contributed by atoms with van der Waals surface area (Å²) in [6.45, 7) is 1.94. The molecule has 0 aliphatic heterocycles. The van der Waals surface area contributed by atoms with Crippen molar-refractivity contribution < 1.29 is 9.90 Å². The number of fused-ring (bicyclic) bond motifs is 1. The molecule has 0 saturated heterocycles. The topological polar surface area (TPSA) is 50.2 Å². The van der Waals surface area contributed by atoms with Crippen molar-refractivity contribution in [1.82, 2.24) is 4.98 Å². The Morgan fingerprint density at radius 2 is 2.14 bits per heavy atom. The lowest BCUT2D eigenvalue weighted by Crippen LogP contribution is -1.89. The Hall–Kier alpha value is -1.90. The summed E-state index contributed by atoms with van der Waals surface area (Å²) in [5, 5.41) is 10.3. The van der Waals surface area contributed by atoms with Crippen molar-refractivity contribution >= 4 is 17.2 Å². The van der Waals surface area contributed by atoms with Crippen LogP contribution in [0.4, 0.5) is 0 Å². The fourth-order valence-electron chi connectivity index (χ4n) is 1.48. The maximum atomic E-state index is 10.8. The third-order valence-electron chi connectivity index (χ3n) is 2.26. The molecular weight excluding hydrogens is 178 g/mol. The number of aromatic nitrogens is 1. The van der Waals surface area contributed by atoms with Gasteiger partial charge in [0.2, 0.25) is 0 Å². The second kappa shape index (κ2) is 3.10. The number of aryl methyl sites for hydroxylation is 1. The van der Waals surface area contributed by atoms with Crippen LogP contribution in [-0.4, -0.2) is 16.4 Å². The van der Waals surface area contributed by atoms with Gasteiger partial charge < -0.3 is 5.11 Å². The summed E-state index contributed by atoms with van der Waals surface area (Å²) >= 11 is 0. The minimum Gasteiger partial charge on any atom is -0.507 e. The first-order valence-electron chi connectivity index (χ1n) is 4.26. The first-order valence-corrected chi connectivity index (χ1v) is 4.26. The Kier molecular flexibility index (Phi) is 1.93. The molecule has 0 aliphatic rings. The predicted octanol–water partition coefficient (Wildman–Crippen LogP) is 2.06. The lowest BCUT2D eigenvalue weighted by Gasteiger charge is -2.04. The minimum atomic E-state index is -0.0226. The molecule has 0 fully saturated rings. The third kappa shape index (κ3) is 1.14. The van der Waals surface area contributed by atoms with Crippen LogP contribution >= 0.6 is 0 Å². The van der Waals surface area contributed by atoms with E-state index in [0.29, 0.717) is 11.8 Å². The fourth-order valence-corrected chi connectivity index (χ4v) is 1.48. The summed E-state index contributed by atoms with van der Waals surface area (Å²) in [6.07, 6.45) is 2.26. The SMILES string of the molecule is Cc1ccnc2c(C=O)c(O)ccc12. The molecule has 0 bridgehead atoms.